The van der Waals surface area contributed by atoms with Gasteiger partial charge in [-0.25, -0.2) is 4.99 Å². The summed E-state index contributed by atoms with van der Waals surface area (Å²) in [6, 6.07) is 7.29. The zero-order valence-electron chi connectivity index (χ0n) is 14.8. The average molecular weight is 326 g/mol. The molecule has 2 heterocycles. The highest BCUT2D eigenvalue weighted by Crippen LogP contribution is 2.39. The molecule has 3 aliphatic rings. The highest BCUT2D eigenvalue weighted by Gasteiger charge is 2.32. The molecule has 0 aromatic heterocycles. The molecule has 0 radical (unpaired) electrons. The van der Waals surface area contributed by atoms with Crippen molar-refractivity contribution in [2.45, 2.75) is 51.6 Å². The molecule has 128 valence electrons. The van der Waals surface area contributed by atoms with Gasteiger partial charge in [0.15, 0.2) is 6.10 Å². The Morgan fingerprint density at radius 3 is 3.08 bits per heavy atom. The quantitative estimate of drug-likeness (QED) is 0.847. The maximum absolute atomic E-state index is 6.02. The summed E-state index contributed by atoms with van der Waals surface area (Å²) in [4.78, 5) is 6.62. The molecule has 4 nitrogen and oxygen atoms in total. The summed E-state index contributed by atoms with van der Waals surface area (Å²) in [6.07, 6.45) is 5.63. The second kappa shape index (κ2) is 5.83. The molecule has 0 amide bonds. The number of benzene rings is 1. The summed E-state index contributed by atoms with van der Waals surface area (Å²) in [5, 5.41) is 0. The van der Waals surface area contributed by atoms with Gasteiger partial charge >= 0.3 is 0 Å². The molecule has 1 aliphatic carbocycles. The fourth-order valence-electron chi connectivity index (χ4n) is 3.81. The number of fused-ring (bicyclic) bond motifs is 2. The van der Waals surface area contributed by atoms with Crippen LogP contribution in [0.3, 0.4) is 0 Å². The molecule has 1 aromatic rings. The lowest BCUT2D eigenvalue weighted by Crippen LogP contribution is -2.25. The van der Waals surface area contributed by atoms with Crippen LogP contribution < -0.4 is 4.74 Å². The summed E-state index contributed by atoms with van der Waals surface area (Å²) in [6.45, 7) is 8.95. The monoisotopic (exact) mass is 326 g/mol. The normalized spacial score (nSPS) is 24.0. The third kappa shape index (κ3) is 2.79. The van der Waals surface area contributed by atoms with Gasteiger partial charge in [-0.1, -0.05) is 26.8 Å². The van der Waals surface area contributed by atoms with Crippen molar-refractivity contribution in [1.29, 1.82) is 0 Å². The van der Waals surface area contributed by atoms with Crippen LogP contribution in [0.2, 0.25) is 0 Å². The van der Waals surface area contributed by atoms with Crippen LogP contribution in [0.5, 0.6) is 5.75 Å². The van der Waals surface area contributed by atoms with E-state index in [0.29, 0.717) is 12.0 Å². The number of rotatable bonds is 4. The number of aliphatic imine (C=N–C) groups is 1. The van der Waals surface area contributed by atoms with Gasteiger partial charge < -0.3 is 9.47 Å². The zero-order chi connectivity index (χ0) is 16.7. The highest BCUT2D eigenvalue weighted by molar-refractivity contribution is 5.78. The van der Waals surface area contributed by atoms with E-state index < -0.39 is 0 Å². The molecular formula is C20H26N2O2. The Morgan fingerprint density at radius 1 is 1.38 bits per heavy atom. The van der Waals surface area contributed by atoms with Crippen LogP contribution in [-0.4, -0.2) is 36.7 Å². The Labute approximate surface area is 144 Å². The Bertz CT molecular complexity index is 706. The molecule has 1 unspecified atom stereocenters. The van der Waals surface area contributed by atoms with E-state index >= 15 is 0 Å². The van der Waals surface area contributed by atoms with E-state index in [9.17, 15) is 0 Å². The summed E-state index contributed by atoms with van der Waals surface area (Å²) in [5.41, 5.74) is 4.55. The number of nitrogens with zero attached hydrogens (tertiary/aromatic N) is 2. The molecule has 0 spiro atoms. The molecule has 24 heavy (non-hydrogen) atoms. The Hall–Kier alpha value is -1.97. The molecule has 1 aromatic carbocycles. The van der Waals surface area contributed by atoms with Crippen LogP contribution in [0.15, 0.2) is 35.0 Å². The fraction of sp³-hybridized carbons (Fsp3) is 0.550. The first kappa shape index (κ1) is 15.6. The van der Waals surface area contributed by atoms with Crippen molar-refractivity contribution in [3.8, 4) is 5.75 Å². The van der Waals surface area contributed by atoms with E-state index in [0.717, 1.165) is 37.7 Å². The van der Waals surface area contributed by atoms with Gasteiger partial charge in [0.05, 0.1) is 13.1 Å². The zero-order valence-corrected chi connectivity index (χ0v) is 14.8. The lowest BCUT2D eigenvalue weighted by molar-refractivity contribution is 0.146. The molecule has 4 rings (SSSR count). The molecule has 1 saturated heterocycles. The maximum Gasteiger partial charge on any atom is 0.292 e. The highest BCUT2D eigenvalue weighted by atomic mass is 16.6. The fourth-order valence-corrected chi connectivity index (χ4v) is 3.81. The predicted octanol–water partition coefficient (Wildman–Crippen LogP) is 3.65. The largest absolute Gasteiger partial charge is 0.490 e. The first-order chi connectivity index (χ1) is 11.5. The Morgan fingerprint density at radius 2 is 2.25 bits per heavy atom. The lowest BCUT2D eigenvalue weighted by Gasteiger charge is -2.19. The average Bonchev–Trinajstić information content (AvgIpc) is 3.12. The van der Waals surface area contributed by atoms with Gasteiger partial charge in [-0.15, -0.1) is 0 Å². The van der Waals surface area contributed by atoms with Crippen molar-refractivity contribution in [2.24, 2.45) is 4.99 Å². The van der Waals surface area contributed by atoms with Gasteiger partial charge in [-0.2, -0.15) is 0 Å². The van der Waals surface area contributed by atoms with E-state index in [1.807, 2.05) is 0 Å². The van der Waals surface area contributed by atoms with E-state index in [-0.39, 0.29) is 6.10 Å². The van der Waals surface area contributed by atoms with Crippen LogP contribution >= 0.6 is 0 Å². The third-order valence-corrected chi connectivity index (χ3v) is 5.39. The van der Waals surface area contributed by atoms with Gasteiger partial charge in [-0.3, -0.25) is 4.90 Å². The smallest absolute Gasteiger partial charge is 0.292 e. The van der Waals surface area contributed by atoms with Crippen LogP contribution in [0.4, 0.5) is 0 Å². The predicted molar refractivity (Wildman–Crippen MR) is 95.5 cm³/mol. The van der Waals surface area contributed by atoms with Gasteiger partial charge in [0, 0.05) is 6.20 Å². The first-order valence-corrected chi connectivity index (χ1v) is 8.99. The first-order valence-electron chi connectivity index (χ1n) is 8.99. The second-order valence-corrected chi connectivity index (χ2v) is 7.65. The van der Waals surface area contributed by atoms with Crippen LogP contribution in [0.25, 0.3) is 0 Å². The molecule has 0 saturated carbocycles. The Kier molecular flexibility index (Phi) is 3.78. The van der Waals surface area contributed by atoms with Crippen LogP contribution in [0.1, 0.15) is 44.7 Å². The summed E-state index contributed by atoms with van der Waals surface area (Å²) >= 11 is 0. The third-order valence-electron chi connectivity index (χ3n) is 5.39. The van der Waals surface area contributed by atoms with Crippen molar-refractivity contribution in [2.75, 3.05) is 19.7 Å². The summed E-state index contributed by atoms with van der Waals surface area (Å²) < 4.78 is 11.9. The molecule has 1 atom stereocenters. The number of aryl methyl sites for hydroxylation is 1. The maximum atomic E-state index is 6.02. The Balaban J connectivity index is 1.38. The van der Waals surface area contributed by atoms with Gasteiger partial charge in [0.25, 0.3) is 6.02 Å². The molecule has 0 N–H and O–H groups in total. The van der Waals surface area contributed by atoms with Crippen molar-refractivity contribution in [1.82, 2.24) is 4.90 Å². The topological polar surface area (TPSA) is 34.1 Å². The molecular weight excluding hydrogens is 300 g/mol. The number of hydrogen-bond donors (Lipinski definition) is 0. The standard InChI is InChI=1S/C20H26N2O2/c1-4-14-10-21-19-22(11-14)12-17(24-19)13-23-16-5-6-18-15(9-16)7-8-20(18,2)3/h5-6,9,11,17H,4,7-8,10,12-13H2,1-3H3. The molecule has 2 aliphatic heterocycles. The lowest BCUT2D eigenvalue weighted by atomic mass is 9.87. The number of amidine groups is 1. The minimum Gasteiger partial charge on any atom is -0.490 e. The van der Waals surface area contributed by atoms with Crippen LogP contribution in [-0.2, 0) is 16.6 Å². The van der Waals surface area contributed by atoms with Gasteiger partial charge in [-0.05, 0) is 53.5 Å². The number of hydrogen-bond acceptors (Lipinski definition) is 4. The molecule has 4 heteroatoms. The van der Waals surface area contributed by atoms with Gasteiger partial charge in [0.1, 0.15) is 12.4 Å². The van der Waals surface area contributed by atoms with Crippen molar-refractivity contribution in [3.05, 3.63) is 41.1 Å². The van der Waals surface area contributed by atoms with Crippen molar-refractivity contribution >= 4 is 6.02 Å². The van der Waals surface area contributed by atoms with E-state index in [1.54, 1.807) is 0 Å². The summed E-state index contributed by atoms with van der Waals surface area (Å²) in [7, 11) is 0. The molecule has 1 fully saturated rings. The van der Waals surface area contributed by atoms with E-state index in [1.165, 1.54) is 23.1 Å². The van der Waals surface area contributed by atoms with Crippen LogP contribution in [0, 0.1) is 0 Å². The van der Waals surface area contributed by atoms with E-state index in [4.69, 9.17) is 9.47 Å². The van der Waals surface area contributed by atoms with Crippen molar-refractivity contribution in [3.63, 3.8) is 0 Å². The SMILES string of the molecule is CCC1=CN2CC(COc3ccc4c(c3)CCC4(C)C)OC2=NC1. The second-order valence-electron chi connectivity index (χ2n) is 7.65. The summed E-state index contributed by atoms with van der Waals surface area (Å²) in [5.74, 6) is 0.951. The minimum absolute atomic E-state index is 0.0425. The molecule has 0 bridgehead atoms. The number of ether oxygens (including phenoxy) is 2. The van der Waals surface area contributed by atoms with E-state index in [2.05, 4.69) is 55.1 Å². The van der Waals surface area contributed by atoms with Gasteiger partial charge in [0.2, 0.25) is 0 Å². The van der Waals surface area contributed by atoms with Crippen molar-refractivity contribution < 1.29 is 9.47 Å². The minimum atomic E-state index is 0.0425.